The maximum absolute atomic E-state index is 5.56. The Morgan fingerprint density at radius 3 is 3.12 bits per heavy atom. The minimum absolute atomic E-state index is 0.483. The predicted molar refractivity (Wildman–Crippen MR) is 63.4 cm³/mol. The summed E-state index contributed by atoms with van der Waals surface area (Å²) in [6.07, 6.45) is 5.16. The Morgan fingerprint density at radius 2 is 2.50 bits per heavy atom. The topological polar surface area (TPSA) is 34.4 Å². The summed E-state index contributed by atoms with van der Waals surface area (Å²) in [6.45, 7) is 4.97. The van der Waals surface area contributed by atoms with Crippen LogP contribution in [-0.2, 0) is 11.2 Å². The van der Waals surface area contributed by atoms with E-state index in [0.717, 1.165) is 31.9 Å². The highest BCUT2D eigenvalue weighted by Gasteiger charge is 2.24. The Morgan fingerprint density at radius 1 is 1.56 bits per heavy atom. The molecule has 0 radical (unpaired) electrons. The number of ether oxygens (including phenoxy) is 1. The van der Waals surface area contributed by atoms with Gasteiger partial charge >= 0.3 is 0 Å². The Kier molecular flexibility index (Phi) is 4.43. The van der Waals surface area contributed by atoms with E-state index in [9.17, 15) is 0 Å². The predicted octanol–water partition coefficient (Wildman–Crippen LogP) is 2.23. The lowest BCUT2D eigenvalue weighted by molar-refractivity contribution is 0.0388. The number of hydrogen-bond donors (Lipinski definition) is 1. The van der Waals surface area contributed by atoms with Crippen LogP contribution in [0.4, 0.5) is 0 Å². The molecule has 2 unspecified atom stereocenters. The molecule has 1 saturated heterocycles. The van der Waals surface area contributed by atoms with Crippen LogP contribution in [0.15, 0.2) is 22.8 Å². The summed E-state index contributed by atoms with van der Waals surface area (Å²) in [4.78, 5) is 0. The van der Waals surface area contributed by atoms with Gasteiger partial charge in [-0.3, -0.25) is 0 Å². The minimum atomic E-state index is 0.483. The van der Waals surface area contributed by atoms with Gasteiger partial charge in [0.15, 0.2) is 0 Å². The molecule has 1 N–H and O–H groups in total. The average Bonchev–Trinajstić information content (AvgIpc) is 2.83. The normalized spacial score (nSPS) is 23.2. The van der Waals surface area contributed by atoms with Crippen LogP contribution in [-0.4, -0.2) is 25.8 Å². The molecule has 3 nitrogen and oxygen atoms in total. The molecule has 1 aromatic heterocycles. The molecule has 2 atom stereocenters. The largest absolute Gasteiger partial charge is 0.469 e. The zero-order valence-electron chi connectivity index (χ0n) is 9.95. The van der Waals surface area contributed by atoms with Crippen LogP contribution in [0.5, 0.6) is 0 Å². The van der Waals surface area contributed by atoms with Crippen molar-refractivity contribution in [1.82, 2.24) is 5.32 Å². The van der Waals surface area contributed by atoms with Gasteiger partial charge in [-0.1, -0.05) is 6.92 Å². The van der Waals surface area contributed by atoms with E-state index in [2.05, 4.69) is 12.2 Å². The Balaban J connectivity index is 1.92. The highest BCUT2D eigenvalue weighted by Crippen LogP contribution is 2.20. The molecule has 90 valence electrons. The van der Waals surface area contributed by atoms with E-state index < -0.39 is 0 Å². The van der Waals surface area contributed by atoms with Crippen molar-refractivity contribution in [3.8, 4) is 0 Å². The Bertz CT molecular complexity index is 278. The molecule has 0 spiro atoms. The third kappa shape index (κ3) is 3.09. The fourth-order valence-corrected chi connectivity index (χ4v) is 2.40. The summed E-state index contributed by atoms with van der Waals surface area (Å²) in [5.41, 5.74) is 0. The first-order valence-electron chi connectivity index (χ1n) is 6.23. The molecule has 0 bridgehead atoms. The molecule has 2 rings (SSSR count). The van der Waals surface area contributed by atoms with Gasteiger partial charge in [-0.2, -0.15) is 0 Å². The number of rotatable bonds is 5. The fourth-order valence-electron chi connectivity index (χ4n) is 2.40. The van der Waals surface area contributed by atoms with Crippen LogP contribution < -0.4 is 5.32 Å². The van der Waals surface area contributed by atoms with E-state index in [-0.39, 0.29) is 0 Å². The number of likely N-dealkylation sites (N-methyl/N-ethyl adjacent to an activating group) is 1. The summed E-state index contributed by atoms with van der Waals surface area (Å²) in [6, 6.07) is 4.49. The van der Waals surface area contributed by atoms with E-state index in [4.69, 9.17) is 9.15 Å². The maximum Gasteiger partial charge on any atom is 0.105 e. The highest BCUT2D eigenvalue weighted by atomic mass is 16.5. The van der Waals surface area contributed by atoms with Crippen molar-refractivity contribution in [3.05, 3.63) is 24.2 Å². The average molecular weight is 223 g/mol. The molecule has 16 heavy (non-hydrogen) atoms. The van der Waals surface area contributed by atoms with Crippen molar-refractivity contribution in [2.45, 2.75) is 32.2 Å². The van der Waals surface area contributed by atoms with Crippen LogP contribution in [0.25, 0.3) is 0 Å². The molecule has 0 saturated carbocycles. The van der Waals surface area contributed by atoms with Crippen molar-refractivity contribution in [3.63, 3.8) is 0 Å². The van der Waals surface area contributed by atoms with Gasteiger partial charge < -0.3 is 14.5 Å². The summed E-state index contributed by atoms with van der Waals surface area (Å²) in [5, 5.41) is 3.55. The maximum atomic E-state index is 5.56. The summed E-state index contributed by atoms with van der Waals surface area (Å²) < 4.78 is 11.0. The first-order chi connectivity index (χ1) is 7.90. The standard InChI is InChI=1S/C13H21NO2/c1-2-14-13(9-12-6-4-8-16-12)11-5-3-7-15-10-11/h4,6,8,11,13-14H,2-3,5,7,9-10H2,1H3. The summed E-state index contributed by atoms with van der Waals surface area (Å²) in [5.74, 6) is 1.69. The molecule has 0 aromatic carbocycles. The number of furan rings is 1. The van der Waals surface area contributed by atoms with Gasteiger partial charge in [0.2, 0.25) is 0 Å². The highest BCUT2D eigenvalue weighted by molar-refractivity contribution is 5.01. The quantitative estimate of drug-likeness (QED) is 0.831. The van der Waals surface area contributed by atoms with Gasteiger partial charge in [-0.15, -0.1) is 0 Å². The number of nitrogens with one attached hydrogen (secondary N) is 1. The van der Waals surface area contributed by atoms with Gasteiger partial charge in [0, 0.05) is 19.1 Å². The zero-order chi connectivity index (χ0) is 11.2. The zero-order valence-corrected chi connectivity index (χ0v) is 9.95. The van der Waals surface area contributed by atoms with E-state index in [1.165, 1.54) is 12.8 Å². The second-order valence-corrected chi connectivity index (χ2v) is 4.42. The molecule has 0 aliphatic carbocycles. The molecule has 1 aromatic rings. The summed E-state index contributed by atoms with van der Waals surface area (Å²) in [7, 11) is 0. The van der Waals surface area contributed by atoms with Gasteiger partial charge in [0.1, 0.15) is 5.76 Å². The van der Waals surface area contributed by atoms with E-state index >= 15 is 0 Å². The monoisotopic (exact) mass is 223 g/mol. The van der Waals surface area contributed by atoms with Crippen LogP contribution in [0, 0.1) is 5.92 Å². The van der Waals surface area contributed by atoms with Gasteiger partial charge in [0.25, 0.3) is 0 Å². The fraction of sp³-hybridized carbons (Fsp3) is 0.692. The SMILES string of the molecule is CCNC(Cc1ccco1)C1CCCOC1. The second kappa shape index (κ2) is 6.06. The van der Waals surface area contributed by atoms with Gasteiger partial charge in [0.05, 0.1) is 12.9 Å². The van der Waals surface area contributed by atoms with Crippen molar-refractivity contribution < 1.29 is 9.15 Å². The lowest BCUT2D eigenvalue weighted by atomic mass is 9.91. The van der Waals surface area contributed by atoms with Crippen molar-refractivity contribution in [2.75, 3.05) is 19.8 Å². The molecule has 0 amide bonds. The first-order valence-corrected chi connectivity index (χ1v) is 6.23. The third-order valence-electron chi connectivity index (χ3n) is 3.23. The lowest BCUT2D eigenvalue weighted by Gasteiger charge is -2.30. The van der Waals surface area contributed by atoms with Crippen LogP contribution in [0.1, 0.15) is 25.5 Å². The van der Waals surface area contributed by atoms with Crippen molar-refractivity contribution in [1.29, 1.82) is 0 Å². The lowest BCUT2D eigenvalue weighted by Crippen LogP contribution is -2.41. The molecule has 1 aliphatic rings. The van der Waals surface area contributed by atoms with E-state index in [1.807, 2.05) is 12.1 Å². The van der Waals surface area contributed by atoms with Gasteiger partial charge in [-0.05, 0) is 37.4 Å². The molecule has 1 aliphatic heterocycles. The van der Waals surface area contributed by atoms with Crippen LogP contribution >= 0.6 is 0 Å². The molecular weight excluding hydrogens is 202 g/mol. The Hall–Kier alpha value is -0.800. The van der Waals surface area contributed by atoms with E-state index in [1.54, 1.807) is 6.26 Å². The third-order valence-corrected chi connectivity index (χ3v) is 3.23. The molecular formula is C13H21NO2. The summed E-state index contributed by atoms with van der Waals surface area (Å²) >= 11 is 0. The molecule has 3 heteroatoms. The van der Waals surface area contributed by atoms with Crippen molar-refractivity contribution >= 4 is 0 Å². The van der Waals surface area contributed by atoms with Crippen LogP contribution in [0.3, 0.4) is 0 Å². The smallest absolute Gasteiger partial charge is 0.105 e. The van der Waals surface area contributed by atoms with Crippen molar-refractivity contribution in [2.24, 2.45) is 5.92 Å². The second-order valence-electron chi connectivity index (χ2n) is 4.42. The minimum Gasteiger partial charge on any atom is -0.469 e. The van der Waals surface area contributed by atoms with Crippen LogP contribution in [0.2, 0.25) is 0 Å². The number of hydrogen-bond acceptors (Lipinski definition) is 3. The Labute approximate surface area is 97.2 Å². The first kappa shape index (κ1) is 11.7. The van der Waals surface area contributed by atoms with Gasteiger partial charge in [-0.25, -0.2) is 0 Å². The molecule has 1 fully saturated rings. The van der Waals surface area contributed by atoms with E-state index in [0.29, 0.717) is 12.0 Å². The molecule has 2 heterocycles.